The lowest BCUT2D eigenvalue weighted by molar-refractivity contribution is -0.128. The number of nitrogens with zero attached hydrogens (tertiary/aromatic N) is 1. The van der Waals surface area contributed by atoms with Gasteiger partial charge in [-0.3, -0.25) is 4.79 Å². The smallest absolute Gasteiger partial charge is 0.222 e. The molecule has 1 amide bonds. The molecule has 1 fully saturated rings. The van der Waals surface area contributed by atoms with Gasteiger partial charge in [0.25, 0.3) is 0 Å². The quantitative estimate of drug-likeness (QED) is 0.713. The zero-order valence-electron chi connectivity index (χ0n) is 11.4. The predicted octanol–water partition coefficient (Wildman–Crippen LogP) is 1.26. The van der Waals surface area contributed by atoms with E-state index in [4.69, 9.17) is 4.74 Å². The van der Waals surface area contributed by atoms with E-state index in [2.05, 4.69) is 12.2 Å². The van der Waals surface area contributed by atoms with E-state index in [1.54, 1.807) is 19.0 Å². The van der Waals surface area contributed by atoms with Crippen molar-refractivity contribution >= 4 is 5.91 Å². The average molecular weight is 242 g/mol. The number of rotatable bonds is 6. The number of hydrogen-bond donors (Lipinski definition) is 1. The van der Waals surface area contributed by atoms with Crippen LogP contribution in [0.1, 0.15) is 32.6 Å². The van der Waals surface area contributed by atoms with Crippen LogP contribution in [0.4, 0.5) is 0 Å². The highest BCUT2D eigenvalue weighted by Gasteiger charge is 2.26. The molecule has 4 heteroatoms. The molecule has 0 unspecified atom stereocenters. The summed E-state index contributed by atoms with van der Waals surface area (Å²) in [6.45, 7) is 6.05. The van der Waals surface area contributed by atoms with Crippen LogP contribution in [0.5, 0.6) is 0 Å². The molecule has 0 aromatic rings. The molecule has 4 nitrogen and oxygen atoms in total. The minimum Gasteiger partial charge on any atom is -0.381 e. The third kappa shape index (κ3) is 5.50. The predicted molar refractivity (Wildman–Crippen MR) is 69.0 cm³/mol. The number of hydrogen-bond acceptors (Lipinski definition) is 3. The van der Waals surface area contributed by atoms with Gasteiger partial charge in [-0.2, -0.15) is 0 Å². The molecular weight excluding hydrogens is 216 g/mol. The van der Waals surface area contributed by atoms with E-state index in [1.807, 2.05) is 0 Å². The molecule has 1 N–H and O–H groups in total. The first-order valence-electron chi connectivity index (χ1n) is 6.52. The van der Waals surface area contributed by atoms with Gasteiger partial charge in [0.2, 0.25) is 5.91 Å². The van der Waals surface area contributed by atoms with E-state index in [1.165, 1.54) is 0 Å². The topological polar surface area (TPSA) is 41.6 Å². The van der Waals surface area contributed by atoms with E-state index < -0.39 is 0 Å². The van der Waals surface area contributed by atoms with Gasteiger partial charge in [0.1, 0.15) is 0 Å². The van der Waals surface area contributed by atoms with Crippen molar-refractivity contribution in [3.05, 3.63) is 0 Å². The molecule has 17 heavy (non-hydrogen) atoms. The molecular formula is C13H26N2O2. The van der Waals surface area contributed by atoms with Crippen molar-refractivity contribution in [3.8, 4) is 0 Å². The Bertz CT molecular complexity index is 236. The van der Waals surface area contributed by atoms with E-state index in [0.717, 1.165) is 45.6 Å². The van der Waals surface area contributed by atoms with Crippen LogP contribution in [-0.2, 0) is 9.53 Å². The van der Waals surface area contributed by atoms with E-state index in [-0.39, 0.29) is 5.91 Å². The third-order valence-electron chi connectivity index (χ3n) is 3.49. The fraction of sp³-hybridized carbons (Fsp3) is 0.923. The van der Waals surface area contributed by atoms with Gasteiger partial charge >= 0.3 is 0 Å². The maximum absolute atomic E-state index is 11.4. The molecule has 0 aliphatic carbocycles. The molecule has 0 aromatic carbocycles. The summed E-state index contributed by atoms with van der Waals surface area (Å²) >= 11 is 0. The number of nitrogens with one attached hydrogen (secondary N) is 1. The normalized spacial score (nSPS) is 19.0. The molecule has 0 aromatic heterocycles. The van der Waals surface area contributed by atoms with Crippen molar-refractivity contribution in [2.24, 2.45) is 5.41 Å². The van der Waals surface area contributed by atoms with Gasteiger partial charge in [-0.25, -0.2) is 0 Å². The summed E-state index contributed by atoms with van der Waals surface area (Å²) in [5.41, 5.74) is 0.379. The van der Waals surface area contributed by atoms with E-state index >= 15 is 0 Å². The van der Waals surface area contributed by atoms with E-state index in [9.17, 15) is 4.79 Å². The summed E-state index contributed by atoms with van der Waals surface area (Å²) < 4.78 is 5.37. The molecule has 0 spiro atoms. The SMILES string of the molecule is CN(C)C(=O)CCCNCC1(C)CCOCC1. The molecule has 1 heterocycles. The number of carbonyl (C=O) groups excluding carboxylic acids is 1. The zero-order valence-corrected chi connectivity index (χ0v) is 11.4. The summed E-state index contributed by atoms with van der Waals surface area (Å²) in [6, 6.07) is 0. The lowest BCUT2D eigenvalue weighted by atomic mass is 9.82. The van der Waals surface area contributed by atoms with Crippen LogP contribution in [0.25, 0.3) is 0 Å². The summed E-state index contributed by atoms with van der Waals surface area (Å²) in [5.74, 6) is 0.212. The molecule has 0 radical (unpaired) electrons. The van der Waals surface area contributed by atoms with Crippen LogP contribution in [-0.4, -0.2) is 51.2 Å². The van der Waals surface area contributed by atoms with Crippen molar-refractivity contribution in [3.63, 3.8) is 0 Å². The second-order valence-electron chi connectivity index (χ2n) is 5.49. The van der Waals surface area contributed by atoms with Crippen LogP contribution in [0.3, 0.4) is 0 Å². The fourth-order valence-corrected chi connectivity index (χ4v) is 2.02. The van der Waals surface area contributed by atoms with Gasteiger partial charge in [0, 0.05) is 40.3 Å². The Balaban J connectivity index is 2.05. The minimum absolute atomic E-state index is 0.212. The highest BCUT2D eigenvalue weighted by atomic mass is 16.5. The minimum atomic E-state index is 0.212. The first-order valence-corrected chi connectivity index (χ1v) is 6.52. The Hall–Kier alpha value is -0.610. The molecule has 1 aliphatic heterocycles. The van der Waals surface area contributed by atoms with Crippen molar-refractivity contribution in [1.29, 1.82) is 0 Å². The van der Waals surface area contributed by atoms with Crippen LogP contribution in [0, 0.1) is 5.41 Å². The van der Waals surface area contributed by atoms with E-state index in [0.29, 0.717) is 11.8 Å². The Labute approximate surface area is 105 Å². The summed E-state index contributed by atoms with van der Waals surface area (Å²) in [5, 5.41) is 3.46. The van der Waals surface area contributed by atoms with Gasteiger partial charge < -0.3 is 15.0 Å². The molecule has 1 saturated heterocycles. The van der Waals surface area contributed by atoms with Crippen molar-refractivity contribution in [2.75, 3.05) is 40.4 Å². The molecule has 100 valence electrons. The number of ether oxygens (including phenoxy) is 1. The fourth-order valence-electron chi connectivity index (χ4n) is 2.02. The van der Waals surface area contributed by atoms with Gasteiger partial charge in [0.15, 0.2) is 0 Å². The molecule has 0 atom stereocenters. The lowest BCUT2D eigenvalue weighted by Crippen LogP contribution is -2.37. The first-order chi connectivity index (χ1) is 8.03. The standard InChI is InChI=1S/C13H26N2O2/c1-13(6-9-17-10-7-13)11-14-8-4-5-12(16)15(2)3/h14H,4-11H2,1-3H3. The zero-order chi connectivity index (χ0) is 12.7. The van der Waals surface area contributed by atoms with Gasteiger partial charge in [-0.05, 0) is 31.2 Å². The van der Waals surface area contributed by atoms with Crippen LogP contribution < -0.4 is 5.32 Å². The summed E-state index contributed by atoms with van der Waals surface area (Å²) in [7, 11) is 3.61. The van der Waals surface area contributed by atoms with Gasteiger partial charge in [-0.15, -0.1) is 0 Å². The average Bonchev–Trinajstić information content (AvgIpc) is 2.29. The highest BCUT2D eigenvalue weighted by molar-refractivity contribution is 5.75. The summed E-state index contributed by atoms with van der Waals surface area (Å²) in [4.78, 5) is 13.0. The van der Waals surface area contributed by atoms with Crippen molar-refractivity contribution in [2.45, 2.75) is 32.6 Å². The Morgan fingerprint density at radius 2 is 2.00 bits per heavy atom. The number of carbonyl (C=O) groups is 1. The lowest BCUT2D eigenvalue weighted by Gasteiger charge is -2.33. The maximum atomic E-state index is 11.4. The molecule has 0 bridgehead atoms. The number of amides is 1. The highest BCUT2D eigenvalue weighted by Crippen LogP contribution is 2.28. The molecule has 0 saturated carbocycles. The Kier molecular flexibility index (Phi) is 5.92. The largest absolute Gasteiger partial charge is 0.381 e. The second kappa shape index (κ2) is 6.97. The maximum Gasteiger partial charge on any atom is 0.222 e. The monoisotopic (exact) mass is 242 g/mol. The van der Waals surface area contributed by atoms with Crippen molar-refractivity contribution < 1.29 is 9.53 Å². The van der Waals surface area contributed by atoms with Gasteiger partial charge in [-0.1, -0.05) is 6.92 Å². The van der Waals surface area contributed by atoms with Crippen LogP contribution in [0.2, 0.25) is 0 Å². The molecule has 1 aliphatic rings. The second-order valence-corrected chi connectivity index (χ2v) is 5.49. The van der Waals surface area contributed by atoms with Gasteiger partial charge in [0.05, 0.1) is 0 Å². The van der Waals surface area contributed by atoms with Crippen molar-refractivity contribution in [1.82, 2.24) is 10.2 Å². The van der Waals surface area contributed by atoms with Crippen LogP contribution >= 0.6 is 0 Å². The summed E-state index contributed by atoms with van der Waals surface area (Å²) in [6.07, 6.45) is 3.83. The Morgan fingerprint density at radius 1 is 1.35 bits per heavy atom. The van der Waals surface area contributed by atoms with Crippen LogP contribution in [0.15, 0.2) is 0 Å². The third-order valence-corrected chi connectivity index (χ3v) is 3.49. The molecule has 1 rings (SSSR count). The first kappa shape index (κ1) is 14.5. The Morgan fingerprint density at radius 3 is 2.59 bits per heavy atom.